The summed E-state index contributed by atoms with van der Waals surface area (Å²) in [6, 6.07) is 0. The molecule has 0 aliphatic carbocycles. The fourth-order valence-electron chi connectivity index (χ4n) is 2.82. The molecule has 134 valence electrons. The predicted octanol–water partition coefficient (Wildman–Crippen LogP) is 1.29. The van der Waals surface area contributed by atoms with Crippen LogP contribution in [0.5, 0.6) is 0 Å². The number of methoxy groups -OCH3 is 1. The number of nitrogens with zero attached hydrogens (tertiary/aromatic N) is 3. The van der Waals surface area contributed by atoms with Crippen LogP contribution in [0.1, 0.15) is 26.2 Å². The molecule has 3 N–H and O–H groups in total. The van der Waals surface area contributed by atoms with Gasteiger partial charge in [0.25, 0.3) is 0 Å². The number of rotatable bonds is 8. The lowest BCUT2D eigenvalue weighted by molar-refractivity contribution is -0.148. The van der Waals surface area contributed by atoms with Crippen LogP contribution in [-0.2, 0) is 14.3 Å². The number of esters is 1. The number of aromatic nitrogens is 2. The maximum absolute atomic E-state index is 12.0. The van der Waals surface area contributed by atoms with Crippen molar-refractivity contribution in [3.8, 4) is 0 Å². The van der Waals surface area contributed by atoms with Gasteiger partial charge in [-0.05, 0) is 26.2 Å². The lowest BCUT2D eigenvalue weighted by atomic mass is 9.98. The number of ether oxygens (including phenoxy) is 2. The normalized spacial score (nSPS) is 17.6. The first-order valence-corrected chi connectivity index (χ1v) is 8.42. The standard InChI is InChI=1S/C16H27N5O3/c1-3-24-16(22)12-6-4-8-21(10-12)15-13(17)14(19-11-20-15)18-7-5-9-23-2/h11-12H,3-10,17H2,1-2H3,(H,18,19,20). The smallest absolute Gasteiger partial charge is 0.310 e. The van der Waals surface area contributed by atoms with Gasteiger partial charge in [0.1, 0.15) is 12.0 Å². The molecule has 1 saturated heterocycles. The third-order valence-electron chi connectivity index (χ3n) is 4.02. The Balaban J connectivity index is 2.03. The second-order valence-electron chi connectivity index (χ2n) is 5.77. The van der Waals surface area contributed by atoms with Gasteiger partial charge in [0.2, 0.25) is 0 Å². The van der Waals surface area contributed by atoms with Gasteiger partial charge in [0.05, 0.1) is 12.5 Å². The van der Waals surface area contributed by atoms with Crippen LogP contribution < -0.4 is 16.0 Å². The van der Waals surface area contributed by atoms with E-state index in [1.54, 1.807) is 7.11 Å². The van der Waals surface area contributed by atoms with Crippen LogP contribution in [0, 0.1) is 5.92 Å². The summed E-state index contributed by atoms with van der Waals surface area (Å²) in [7, 11) is 1.67. The lowest BCUT2D eigenvalue weighted by Gasteiger charge is -2.33. The average Bonchev–Trinajstić information content (AvgIpc) is 2.60. The van der Waals surface area contributed by atoms with Crippen LogP contribution in [0.15, 0.2) is 6.33 Å². The number of hydrogen-bond donors (Lipinski definition) is 2. The molecule has 1 aromatic heterocycles. The van der Waals surface area contributed by atoms with Crippen molar-refractivity contribution in [2.75, 3.05) is 55.9 Å². The first kappa shape index (κ1) is 18.3. The summed E-state index contributed by atoms with van der Waals surface area (Å²) in [6.07, 6.45) is 4.11. The number of nitrogens with one attached hydrogen (secondary N) is 1. The van der Waals surface area contributed by atoms with Gasteiger partial charge in [0, 0.05) is 33.4 Å². The third kappa shape index (κ3) is 4.70. The number of hydrogen-bond acceptors (Lipinski definition) is 8. The van der Waals surface area contributed by atoms with Crippen molar-refractivity contribution in [2.24, 2.45) is 5.92 Å². The van der Waals surface area contributed by atoms with Crippen LogP contribution in [0.4, 0.5) is 17.3 Å². The summed E-state index contributed by atoms with van der Waals surface area (Å²) < 4.78 is 10.2. The largest absolute Gasteiger partial charge is 0.466 e. The van der Waals surface area contributed by atoms with Gasteiger partial charge in [-0.25, -0.2) is 9.97 Å². The summed E-state index contributed by atoms with van der Waals surface area (Å²) in [5.41, 5.74) is 6.75. The number of anilines is 3. The highest BCUT2D eigenvalue weighted by atomic mass is 16.5. The summed E-state index contributed by atoms with van der Waals surface area (Å²) in [6.45, 7) is 5.02. The molecule has 8 heteroatoms. The highest BCUT2D eigenvalue weighted by molar-refractivity contribution is 5.77. The first-order chi connectivity index (χ1) is 11.7. The van der Waals surface area contributed by atoms with E-state index in [-0.39, 0.29) is 11.9 Å². The van der Waals surface area contributed by atoms with Crippen molar-refractivity contribution in [1.82, 2.24) is 9.97 Å². The minimum absolute atomic E-state index is 0.133. The Labute approximate surface area is 142 Å². The molecule has 0 saturated carbocycles. The first-order valence-electron chi connectivity index (χ1n) is 8.42. The second kappa shape index (κ2) is 9.27. The maximum Gasteiger partial charge on any atom is 0.310 e. The molecule has 0 amide bonds. The molecule has 0 spiro atoms. The number of carbonyl (C=O) groups excluding carboxylic acids is 1. The van der Waals surface area contributed by atoms with Gasteiger partial charge in [-0.1, -0.05) is 0 Å². The fourth-order valence-corrected chi connectivity index (χ4v) is 2.82. The van der Waals surface area contributed by atoms with Crippen molar-refractivity contribution < 1.29 is 14.3 Å². The van der Waals surface area contributed by atoms with Crippen molar-refractivity contribution in [3.05, 3.63) is 6.33 Å². The number of nitrogen functional groups attached to an aromatic ring is 1. The fraction of sp³-hybridized carbons (Fsp3) is 0.688. The molecule has 24 heavy (non-hydrogen) atoms. The summed E-state index contributed by atoms with van der Waals surface area (Å²) >= 11 is 0. The van der Waals surface area contributed by atoms with Gasteiger partial charge in [-0.2, -0.15) is 0 Å². The van der Waals surface area contributed by atoms with Crippen LogP contribution in [-0.4, -0.2) is 55.9 Å². The van der Waals surface area contributed by atoms with E-state index < -0.39 is 0 Å². The van der Waals surface area contributed by atoms with E-state index in [0.717, 1.165) is 32.4 Å². The Morgan fingerprint density at radius 2 is 2.33 bits per heavy atom. The Kier molecular flexibility index (Phi) is 7.05. The number of carbonyl (C=O) groups is 1. The quantitative estimate of drug-likeness (QED) is 0.540. The van der Waals surface area contributed by atoms with Crippen molar-refractivity contribution in [1.29, 1.82) is 0 Å². The van der Waals surface area contributed by atoms with Gasteiger partial charge in [-0.15, -0.1) is 0 Å². The van der Waals surface area contributed by atoms with E-state index in [9.17, 15) is 4.79 Å². The monoisotopic (exact) mass is 337 g/mol. The van der Waals surface area contributed by atoms with E-state index in [4.69, 9.17) is 15.2 Å². The van der Waals surface area contributed by atoms with Crippen LogP contribution in [0.25, 0.3) is 0 Å². The van der Waals surface area contributed by atoms with E-state index in [2.05, 4.69) is 15.3 Å². The minimum Gasteiger partial charge on any atom is -0.466 e. The zero-order valence-corrected chi connectivity index (χ0v) is 14.5. The molecule has 1 atom stereocenters. The van der Waals surface area contributed by atoms with Gasteiger partial charge in [-0.3, -0.25) is 4.79 Å². The highest BCUT2D eigenvalue weighted by Crippen LogP contribution is 2.30. The van der Waals surface area contributed by atoms with E-state index >= 15 is 0 Å². The summed E-state index contributed by atoms with van der Waals surface area (Å²) in [5, 5.41) is 3.21. The molecule has 1 aromatic rings. The van der Waals surface area contributed by atoms with Crippen molar-refractivity contribution in [2.45, 2.75) is 26.2 Å². The lowest BCUT2D eigenvalue weighted by Crippen LogP contribution is -2.40. The van der Waals surface area contributed by atoms with Gasteiger partial charge >= 0.3 is 5.97 Å². The molecule has 2 rings (SSSR count). The molecule has 1 aliphatic heterocycles. The molecular weight excluding hydrogens is 310 g/mol. The van der Waals surface area contributed by atoms with E-state index in [1.165, 1.54) is 6.33 Å². The Hall–Kier alpha value is -2.09. The highest BCUT2D eigenvalue weighted by Gasteiger charge is 2.28. The predicted molar refractivity (Wildman–Crippen MR) is 93.0 cm³/mol. The molecule has 2 heterocycles. The van der Waals surface area contributed by atoms with Crippen LogP contribution in [0.2, 0.25) is 0 Å². The Morgan fingerprint density at radius 3 is 3.08 bits per heavy atom. The zero-order chi connectivity index (χ0) is 17.4. The van der Waals surface area contributed by atoms with Crippen LogP contribution in [0.3, 0.4) is 0 Å². The summed E-state index contributed by atoms with van der Waals surface area (Å²) in [5.74, 6) is 1.02. The summed E-state index contributed by atoms with van der Waals surface area (Å²) in [4.78, 5) is 22.6. The van der Waals surface area contributed by atoms with Gasteiger partial charge < -0.3 is 25.4 Å². The van der Waals surface area contributed by atoms with Crippen LogP contribution >= 0.6 is 0 Å². The molecule has 0 aromatic carbocycles. The second-order valence-corrected chi connectivity index (χ2v) is 5.77. The number of nitrogens with two attached hydrogens (primary N) is 1. The Bertz CT molecular complexity index is 540. The number of piperidine rings is 1. The van der Waals surface area contributed by atoms with Crippen molar-refractivity contribution >= 4 is 23.3 Å². The molecule has 1 aliphatic rings. The minimum atomic E-state index is -0.146. The average molecular weight is 337 g/mol. The molecule has 0 radical (unpaired) electrons. The Morgan fingerprint density at radius 1 is 1.50 bits per heavy atom. The molecule has 8 nitrogen and oxygen atoms in total. The third-order valence-corrected chi connectivity index (χ3v) is 4.02. The zero-order valence-electron chi connectivity index (χ0n) is 14.5. The molecule has 0 bridgehead atoms. The van der Waals surface area contributed by atoms with E-state index in [0.29, 0.717) is 37.1 Å². The topological polar surface area (TPSA) is 103 Å². The van der Waals surface area contributed by atoms with E-state index in [1.807, 2.05) is 11.8 Å². The van der Waals surface area contributed by atoms with Gasteiger partial charge in [0.15, 0.2) is 11.6 Å². The molecule has 1 fully saturated rings. The molecular formula is C16H27N5O3. The SMILES string of the molecule is CCOC(=O)C1CCCN(c2ncnc(NCCCOC)c2N)C1. The maximum atomic E-state index is 12.0. The molecule has 1 unspecified atom stereocenters. The van der Waals surface area contributed by atoms with Crippen molar-refractivity contribution in [3.63, 3.8) is 0 Å².